The van der Waals surface area contributed by atoms with Crippen LogP contribution >= 0.6 is 0 Å². The predicted molar refractivity (Wildman–Crippen MR) is 82.0 cm³/mol. The molecule has 4 heteroatoms. The zero-order valence-corrected chi connectivity index (χ0v) is 12.2. The summed E-state index contributed by atoms with van der Waals surface area (Å²) in [5.41, 5.74) is 8.31. The first kappa shape index (κ1) is 15.0. The number of hydrogen-bond acceptors (Lipinski definition) is 3. The first-order valence-corrected chi connectivity index (χ1v) is 7.20. The molecule has 0 bridgehead atoms. The Bertz CT molecular complexity index is 522. The highest BCUT2D eigenvalue weighted by atomic mass is 16.5. The highest BCUT2D eigenvalue weighted by Gasteiger charge is 2.06. The van der Waals surface area contributed by atoms with Gasteiger partial charge in [0, 0.05) is 37.4 Å². The van der Waals surface area contributed by atoms with E-state index >= 15 is 0 Å². The highest BCUT2D eigenvalue weighted by molar-refractivity contribution is 5.84. The predicted octanol–water partition coefficient (Wildman–Crippen LogP) is 2.20. The zero-order valence-electron chi connectivity index (χ0n) is 12.2. The molecule has 4 nitrogen and oxygen atoms in total. The van der Waals surface area contributed by atoms with Crippen LogP contribution in [0.5, 0.6) is 0 Å². The number of fused-ring (bicyclic) bond motifs is 1. The lowest BCUT2D eigenvalue weighted by Crippen LogP contribution is -2.06. The van der Waals surface area contributed by atoms with Crippen molar-refractivity contribution in [3.05, 3.63) is 36.0 Å². The van der Waals surface area contributed by atoms with Gasteiger partial charge in [0.15, 0.2) is 0 Å². The lowest BCUT2D eigenvalue weighted by molar-refractivity contribution is 0.0681. The summed E-state index contributed by atoms with van der Waals surface area (Å²) < 4.78 is 12.8. The molecule has 0 aliphatic heterocycles. The molecule has 110 valence electrons. The number of aryl methyl sites for hydroxylation is 1. The molecule has 0 fully saturated rings. The normalized spacial score (nSPS) is 11.3. The summed E-state index contributed by atoms with van der Waals surface area (Å²) in [5, 5.41) is 1.32. The fraction of sp³-hybridized carbons (Fsp3) is 0.500. The second kappa shape index (κ2) is 8.04. The van der Waals surface area contributed by atoms with E-state index in [2.05, 4.69) is 35.0 Å². The van der Waals surface area contributed by atoms with Gasteiger partial charge in [-0.25, -0.2) is 0 Å². The Hall–Kier alpha value is -1.36. The van der Waals surface area contributed by atoms with Gasteiger partial charge in [-0.05, 0) is 31.0 Å². The molecule has 1 aromatic heterocycles. The van der Waals surface area contributed by atoms with Crippen LogP contribution in [-0.4, -0.2) is 38.0 Å². The van der Waals surface area contributed by atoms with Crippen molar-refractivity contribution in [2.24, 2.45) is 5.73 Å². The van der Waals surface area contributed by atoms with Crippen LogP contribution in [0.3, 0.4) is 0 Å². The fourth-order valence-electron chi connectivity index (χ4n) is 2.44. The van der Waals surface area contributed by atoms with E-state index in [-0.39, 0.29) is 0 Å². The van der Waals surface area contributed by atoms with E-state index in [1.807, 2.05) is 0 Å². The van der Waals surface area contributed by atoms with Crippen molar-refractivity contribution in [2.75, 3.05) is 33.5 Å². The lowest BCUT2D eigenvalue weighted by atomic mass is 10.1. The third-order valence-electron chi connectivity index (χ3n) is 3.40. The van der Waals surface area contributed by atoms with Crippen LogP contribution < -0.4 is 5.73 Å². The number of rotatable bonds is 9. The van der Waals surface area contributed by atoms with E-state index in [0.717, 1.165) is 26.0 Å². The molecule has 0 unspecified atom stereocenters. The number of methoxy groups -OCH3 is 1. The quantitative estimate of drug-likeness (QED) is 0.714. The Balaban J connectivity index is 1.95. The van der Waals surface area contributed by atoms with Crippen molar-refractivity contribution in [1.29, 1.82) is 0 Å². The molecule has 1 heterocycles. The van der Waals surface area contributed by atoms with Gasteiger partial charge in [-0.15, -0.1) is 0 Å². The summed E-state index contributed by atoms with van der Waals surface area (Å²) in [6.45, 7) is 3.75. The first-order valence-electron chi connectivity index (χ1n) is 7.20. The van der Waals surface area contributed by atoms with Crippen molar-refractivity contribution in [3.8, 4) is 0 Å². The minimum absolute atomic E-state index is 0.660. The molecule has 0 aliphatic carbocycles. The molecule has 2 N–H and O–H groups in total. The third kappa shape index (κ3) is 3.82. The Labute approximate surface area is 120 Å². The van der Waals surface area contributed by atoms with Gasteiger partial charge in [-0.1, -0.05) is 18.2 Å². The summed E-state index contributed by atoms with van der Waals surface area (Å²) >= 11 is 0. The van der Waals surface area contributed by atoms with Crippen LogP contribution in [-0.2, 0) is 22.4 Å². The first-order chi connectivity index (χ1) is 9.86. The summed E-state index contributed by atoms with van der Waals surface area (Å²) in [7, 11) is 1.69. The minimum atomic E-state index is 0.660. The van der Waals surface area contributed by atoms with Crippen molar-refractivity contribution in [1.82, 2.24) is 4.57 Å². The van der Waals surface area contributed by atoms with E-state index in [0.29, 0.717) is 19.8 Å². The summed E-state index contributed by atoms with van der Waals surface area (Å²) in [4.78, 5) is 0. The van der Waals surface area contributed by atoms with Gasteiger partial charge in [-0.3, -0.25) is 0 Å². The molecule has 0 saturated carbocycles. The van der Waals surface area contributed by atoms with Crippen LogP contribution in [0.2, 0.25) is 0 Å². The second-order valence-corrected chi connectivity index (χ2v) is 4.86. The number of para-hydroxylation sites is 1. The van der Waals surface area contributed by atoms with Gasteiger partial charge in [0.2, 0.25) is 0 Å². The van der Waals surface area contributed by atoms with Gasteiger partial charge in [-0.2, -0.15) is 0 Å². The van der Waals surface area contributed by atoms with Crippen LogP contribution in [0, 0.1) is 0 Å². The standard InChI is InChI=1S/C16H24N2O2/c1-19-11-12-20-10-4-9-18-13-14(7-8-17)15-5-2-3-6-16(15)18/h2-3,5-6,13H,4,7-12,17H2,1H3. The van der Waals surface area contributed by atoms with Gasteiger partial charge >= 0.3 is 0 Å². The van der Waals surface area contributed by atoms with Gasteiger partial charge in [0.1, 0.15) is 0 Å². The Kier molecular flexibility index (Phi) is 6.05. The van der Waals surface area contributed by atoms with E-state index in [9.17, 15) is 0 Å². The summed E-state index contributed by atoms with van der Waals surface area (Å²) in [6.07, 6.45) is 4.16. The molecule has 0 spiro atoms. The smallest absolute Gasteiger partial charge is 0.0700 e. The molecule has 0 aliphatic rings. The monoisotopic (exact) mass is 276 g/mol. The number of nitrogens with two attached hydrogens (primary N) is 1. The Morgan fingerprint density at radius 3 is 2.80 bits per heavy atom. The largest absolute Gasteiger partial charge is 0.382 e. The van der Waals surface area contributed by atoms with Gasteiger partial charge < -0.3 is 19.8 Å². The number of benzene rings is 1. The third-order valence-corrected chi connectivity index (χ3v) is 3.40. The van der Waals surface area contributed by atoms with Crippen LogP contribution in [0.25, 0.3) is 10.9 Å². The fourth-order valence-corrected chi connectivity index (χ4v) is 2.44. The number of hydrogen-bond donors (Lipinski definition) is 1. The Morgan fingerprint density at radius 2 is 2.00 bits per heavy atom. The topological polar surface area (TPSA) is 49.4 Å². The molecule has 2 aromatic rings. The van der Waals surface area contributed by atoms with E-state index in [1.54, 1.807) is 7.11 Å². The number of ether oxygens (including phenoxy) is 2. The maximum absolute atomic E-state index is 5.69. The SMILES string of the molecule is COCCOCCCn1cc(CCN)c2ccccc21. The maximum Gasteiger partial charge on any atom is 0.0700 e. The van der Waals surface area contributed by atoms with Crippen molar-refractivity contribution >= 4 is 10.9 Å². The molecule has 1 aromatic carbocycles. The van der Waals surface area contributed by atoms with E-state index in [1.165, 1.54) is 16.5 Å². The molecule has 20 heavy (non-hydrogen) atoms. The van der Waals surface area contributed by atoms with Crippen LogP contribution in [0.1, 0.15) is 12.0 Å². The average Bonchev–Trinajstić information content (AvgIpc) is 2.82. The lowest BCUT2D eigenvalue weighted by Gasteiger charge is -2.06. The van der Waals surface area contributed by atoms with Crippen molar-refractivity contribution in [2.45, 2.75) is 19.4 Å². The summed E-state index contributed by atoms with van der Waals surface area (Å²) in [5.74, 6) is 0. The molecule has 2 rings (SSSR count). The Morgan fingerprint density at radius 1 is 1.15 bits per heavy atom. The van der Waals surface area contributed by atoms with Crippen LogP contribution in [0.4, 0.5) is 0 Å². The van der Waals surface area contributed by atoms with Gasteiger partial charge in [0.05, 0.1) is 13.2 Å². The molecular formula is C16H24N2O2. The van der Waals surface area contributed by atoms with Crippen molar-refractivity contribution < 1.29 is 9.47 Å². The van der Waals surface area contributed by atoms with Crippen LogP contribution in [0.15, 0.2) is 30.5 Å². The molecule has 0 atom stereocenters. The maximum atomic E-state index is 5.69. The minimum Gasteiger partial charge on any atom is -0.382 e. The zero-order chi connectivity index (χ0) is 14.2. The second-order valence-electron chi connectivity index (χ2n) is 4.86. The van der Waals surface area contributed by atoms with E-state index in [4.69, 9.17) is 15.2 Å². The van der Waals surface area contributed by atoms with Gasteiger partial charge in [0.25, 0.3) is 0 Å². The summed E-state index contributed by atoms with van der Waals surface area (Å²) in [6, 6.07) is 8.51. The van der Waals surface area contributed by atoms with E-state index < -0.39 is 0 Å². The molecule has 0 radical (unpaired) electrons. The number of aromatic nitrogens is 1. The average molecular weight is 276 g/mol. The molecule has 0 saturated heterocycles. The number of nitrogens with zero attached hydrogens (tertiary/aromatic N) is 1. The molecular weight excluding hydrogens is 252 g/mol. The molecule has 0 amide bonds. The van der Waals surface area contributed by atoms with Crippen molar-refractivity contribution in [3.63, 3.8) is 0 Å². The highest BCUT2D eigenvalue weighted by Crippen LogP contribution is 2.21.